The maximum Gasteiger partial charge on any atom is 0.179 e. The minimum atomic E-state index is 0.435. The molecule has 0 saturated carbocycles. The third-order valence-corrected chi connectivity index (χ3v) is 3.91. The number of halogens is 1. The third kappa shape index (κ3) is 4.01. The van der Waals surface area contributed by atoms with Gasteiger partial charge in [-0.3, -0.25) is 4.90 Å². The van der Waals surface area contributed by atoms with Crippen LogP contribution in [0.2, 0.25) is 5.02 Å². The number of ether oxygens (including phenoxy) is 2. The zero-order valence-electron chi connectivity index (χ0n) is 12.0. The Balaban J connectivity index is 1.94. The first kappa shape index (κ1) is 15.4. The molecule has 2 N–H and O–H groups in total. The van der Waals surface area contributed by atoms with Crippen molar-refractivity contribution in [1.82, 2.24) is 4.90 Å². The van der Waals surface area contributed by atoms with E-state index in [2.05, 4.69) is 4.90 Å². The molecule has 0 aromatic heterocycles. The summed E-state index contributed by atoms with van der Waals surface area (Å²) in [4.78, 5) is 2.43. The predicted octanol–water partition coefficient (Wildman–Crippen LogP) is 2.67. The van der Waals surface area contributed by atoms with Gasteiger partial charge in [-0.2, -0.15) is 0 Å². The molecule has 1 saturated heterocycles. The Morgan fingerprint density at radius 1 is 1.25 bits per heavy atom. The normalized spacial score (nSPS) is 16.1. The summed E-state index contributed by atoms with van der Waals surface area (Å²) in [6.45, 7) is 4.32. The molecule has 0 amide bonds. The van der Waals surface area contributed by atoms with Gasteiger partial charge in [-0.1, -0.05) is 18.0 Å². The molecule has 2 rings (SSSR count). The van der Waals surface area contributed by atoms with Gasteiger partial charge in [0.25, 0.3) is 0 Å². The first-order chi connectivity index (χ1) is 9.74. The molecule has 4 nitrogen and oxygen atoms in total. The zero-order chi connectivity index (χ0) is 14.4. The highest BCUT2D eigenvalue weighted by Gasteiger charge is 2.13. The summed E-state index contributed by atoms with van der Waals surface area (Å²) in [6, 6.07) is 3.71. The molecular formula is C15H23ClN2O2. The number of likely N-dealkylation sites (tertiary alicyclic amines) is 1. The third-order valence-electron chi connectivity index (χ3n) is 3.63. The second-order valence-corrected chi connectivity index (χ2v) is 5.47. The lowest BCUT2D eigenvalue weighted by atomic mass is 10.1. The maximum absolute atomic E-state index is 6.24. The summed E-state index contributed by atoms with van der Waals surface area (Å²) in [5, 5.41) is 0.559. The van der Waals surface area contributed by atoms with Gasteiger partial charge < -0.3 is 15.2 Å². The van der Waals surface area contributed by atoms with Crippen molar-refractivity contribution >= 4 is 11.6 Å². The fourth-order valence-electron chi connectivity index (χ4n) is 2.49. The summed E-state index contributed by atoms with van der Waals surface area (Å²) in [6.07, 6.45) is 3.92. The van der Waals surface area contributed by atoms with E-state index in [0.29, 0.717) is 29.7 Å². The monoisotopic (exact) mass is 298 g/mol. The molecule has 1 heterocycles. The van der Waals surface area contributed by atoms with E-state index in [1.54, 1.807) is 7.11 Å². The van der Waals surface area contributed by atoms with Crippen molar-refractivity contribution in [2.75, 3.05) is 33.4 Å². The van der Waals surface area contributed by atoms with Gasteiger partial charge in [0.05, 0.1) is 12.1 Å². The van der Waals surface area contributed by atoms with Crippen molar-refractivity contribution in [3.05, 3.63) is 22.7 Å². The SMILES string of the molecule is COc1cc(CN)cc(Cl)c1OCCN1CCCCC1. The summed E-state index contributed by atoms with van der Waals surface area (Å²) >= 11 is 6.24. The second-order valence-electron chi connectivity index (χ2n) is 5.06. The van der Waals surface area contributed by atoms with Gasteiger partial charge in [-0.25, -0.2) is 0 Å². The van der Waals surface area contributed by atoms with Gasteiger partial charge in [0.1, 0.15) is 6.61 Å². The zero-order valence-corrected chi connectivity index (χ0v) is 12.8. The van der Waals surface area contributed by atoms with E-state index >= 15 is 0 Å². The molecule has 0 atom stereocenters. The molecule has 5 heteroatoms. The van der Waals surface area contributed by atoms with Crippen LogP contribution in [0.5, 0.6) is 11.5 Å². The Morgan fingerprint density at radius 2 is 2.00 bits per heavy atom. The van der Waals surface area contributed by atoms with Crippen molar-refractivity contribution in [1.29, 1.82) is 0 Å². The van der Waals surface area contributed by atoms with Gasteiger partial charge >= 0.3 is 0 Å². The number of nitrogens with two attached hydrogens (primary N) is 1. The molecule has 1 fully saturated rings. The number of benzene rings is 1. The predicted molar refractivity (Wildman–Crippen MR) is 81.7 cm³/mol. The van der Waals surface area contributed by atoms with Crippen LogP contribution in [0.15, 0.2) is 12.1 Å². The molecule has 1 aliphatic rings. The minimum Gasteiger partial charge on any atom is -0.493 e. The Bertz CT molecular complexity index is 434. The molecule has 0 unspecified atom stereocenters. The summed E-state index contributed by atoms with van der Waals surface area (Å²) in [7, 11) is 1.61. The number of methoxy groups -OCH3 is 1. The molecule has 1 aromatic carbocycles. The summed E-state index contributed by atoms with van der Waals surface area (Å²) < 4.78 is 11.2. The Hall–Kier alpha value is -0.970. The molecule has 0 bridgehead atoms. The topological polar surface area (TPSA) is 47.7 Å². The summed E-state index contributed by atoms with van der Waals surface area (Å²) in [5.74, 6) is 1.26. The van der Waals surface area contributed by atoms with E-state index in [9.17, 15) is 0 Å². The van der Waals surface area contributed by atoms with Crippen molar-refractivity contribution in [3.63, 3.8) is 0 Å². The fraction of sp³-hybridized carbons (Fsp3) is 0.600. The van der Waals surface area contributed by atoms with Gasteiger partial charge in [0.15, 0.2) is 11.5 Å². The van der Waals surface area contributed by atoms with Crippen LogP contribution < -0.4 is 15.2 Å². The average molecular weight is 299 g/mol. The Kier molecular flexibility index (Phi) is 5.95. The first-order valence-electron chi connectivity index (χ1n) is 7.16. The van der Waals surface area contributed by atoms with Crippen LogP contribution in [0.3, 0.4) is 0 Å². The lowest BCUT2D eigenvalue weighted by molar-refractivity contribution is 0.180. The maximum atomic E-state index is 6.24. The highest BCUT2D eigenvalue weighted by Crippen LogP contribution is 2.36. The minimum absolute atomic E-state index is 0.435. The van der Waals surface area contributed by atoms with Crippen LogP contribution in [0.25, 0.3) is 0 Å². The number of hydrogen-bond donors (Lipinski definition) is 1. The van der Waals surface area contributed by atoms with Gasteiger partial charge in [-0.05, 0) is 43.6 Å². The van der Waals surface area contributed by atoms with Crippen LogP contribution in [-0.2, 0) is 6.54 Å². The van der Waals surface area contributed by atoms with E-state index in [0.717, 1.165) is 12.1 Å². The second kappa shape index (κ2) is 7.72. The molecule has 0 aliphatic carbocycles. The number of rotatable bonds is 6. The lowest BCUT2D eigenvalue weighted by Gasteiger charge is -2.26. The molecule has 0 radical (unpaired) electrons. The molecule has 1 aliphatic heterocycles. The van der Waals surface area contributed by atoms with Crippen LogP contribution in [0, 0.1) is 0 Å². The standard InChI is InChI=1S/C15H23ClN2O2/c1-19-14-10-12(11-17)9-13(16)15(14)20-8-7-18-5-3-2-4-6-18/h9-10H,2-8,11,17H2,1H3. The number of nitrogens with zero attached hydrogens (tertiary/aromatic N) is 1. The van der Waals surface area contributed by atoms with Gasteiger partial charge in [0.2, 0.25) is 0 Å². The summed E-state index contributed by atoms with van der Waals surface area (Å²) in [5.41, 5.74) is 6.57. The van der Waals surface area contributed by atoms with E-state index in [-0.39, 0.29) is 0 Å². The van der Waals surface area contributed by atoms with Crippen molar-refractivity contribution in [2.24, 2.45) is 5.73 Å². The van der Waals surface area contributed by atoms with E-state index in [1.807, 2.05) is 12.1 Å². The van der Waals surface area contributed by atoms with E-state index < -0.39 is 0 Å². The first-order valence-corrected chi connectivity index (χ1v) is 7.54. The van der Waals surface area contributed by atoms with Crippen molar-refractivity contribution in [3.8, 4) is 11.5 Å². The van der Waals surface area contributed by atoms with Crippen molar-refractivity contribution in [2.45, 2.75) is 25.8 Å². The van der Waals surface area contributed by atoms with Crippen LogP contribution in [0.4, 0.5) is 0 Å². The molecule has 0 spiro atoms. The number of piperidine rings is 1. The molecular weight excluding hydrogens is 276 g/mol. The van der Waals surface area contributed by atoms with Crippen LogP contribution >= 0.6 is 11.6 Å². The smallest absolute Gasteiger partial charge is 0.179 e. The van der Waals surface area contributed by atoms with Gasteiger partial charge in [-0.15, -0.1) is 0 Å². The lowest BCUT2D eigenvalue weighted by Crippen LogP contribution is -2.33. The highest BCUT2D eigenvalue weighted by molar-refractivity contribution is 6.32. The largest absolute Gasteiger partial charge is 0.493 e. The average Bonchev–Trinajstić information content (AvgIpc) is 2.49. The highest BCUT2D eigenvalue weighted by atomic mass is 35.5. The quantitative estimate of drug-likeness (QED) is 0.877. The Labute approximate surface area is 125 Å². The van der Waals surface area contributed by atoms with E-state index in [4.69, 9.17) is 26.8 Å². The van der Waals surface area contributed by atoms with Crippen molar-refractivity contribution < 1.29 is 9.47 Å². The van der Waals surface area contributed by atoms with Crippen LogP contribution in [-0.4, -0.2) is 38.3 Å². The molecule has 20 heavy (non-hydrogen) atoms. The number of hydrogen-bond acceptors (Lipinski definition) is 4. The molecule has 1 aromatic rings. The molecule has 112 valence electrons. The van der Waals surface area contributed by atoms with E-state index in [1.165, 1.54) is 32.4 Å². The fourth-order valence-corrected chi connectivity index (χ4v) is 2.78. The van der Waals surface area contributed by atoms with Gasteiger partial charge in [0, 0.05) is 13.1 Å². The Morgan fingerprint density at radius 3 is 2.65 bits per heavy atom. The van der Waals surface area contributed by atoms with Crippen LogP contribution in [0.1, 0.15) is 24.8 Å².